The van der Waals surface area contributed by atoms with Crippen molar-refractivity contribution in [3.8, 4) is 0 Å². The smallest absolute Gasteiger partial charge is 0.200 e. The van der Waals surface area contributed by atoms with Gasteiger partial charge in [-0.1, -0.05) is 17.7 Å². The number of anilines is 1. The zero-order valence-electron chi connectivity index (χ0n) is 11.8. The van der Waals surface area contributed by atoms with Gasteiger partial charge in [-0.2, -0.15) is 0 Å². The van der Waals surface area contributed by atoms with Crippen LogP contribution in [0.5, 0.6) is 0 Å². The molecule has 0 radical (unpaired) electrons. The van der Waals surface area contributed by atoms with Crippen LogP contribution < -0.4 is 5.73 Å². The number of fused-ring (bicyclic) bond motifs is 1. The summed E-state index contributed by atoms with van der Waals surface area (Å²) in [5.41, 5.74) is 8.81. The summed E-state index contributed by atoms with van der Waals surface area (Å²) in [4.78, 5) is 6.73. The van der Waals surface area contributed by atoms with Crippen LogP contribution in [0.3, 0.4) is 0 Å². The van der Waals surface area contributed by atoms with Crippen LogP contribution in [0.4, 0.5) is 5.95 Å². The lowest BCUT2D eigenvalue weighted by Gasteiger charge is -2.30. The second-order valence-electron chi connectivity index (χ2n) is 5.39. The van der Waals surface area contributed by atoms with Crippen LogP contribution in [0.2, 0.25) is 5.02 Å². The largest absolute Gasteiger partial charge is 0.375 e. The molecular formula is C14H19ClN4O. The Labute approximate surface area is 123 Å². The normalized spacial score (nSPS) is 20.6. The van der Waals surface area contributed by atoms with Gasteiger partial charge in [0, 0.05) is 26.6 Å². The number of hydrogen-bond acceptors (Lipinski definition) is 4. The number of aryl methyl sites for hydroxylation is 1. The van der Waals surface area contributed by atoms with Gasteiger partial charge in [-0.3, -0.25) is 0 Å². The third-order valence-corrected chi connectivity index (χ3v) is 4.19. The summed E-state index contributed by atoms with van der Waals surface area (Å²) < 4.78 is 7.66. The molecule has 1 unspecified atom stereocenters. The Morgan fingerprint density at radius 3 is 3.00 bits per heavy atom. The van der Waals surface area contributed by atoms with Crippen LogP contribution in [-0.4, -0.2) is 47.3 Å². The number of benzene rings is 1. The number of nitrogen functional groups attached to an aromatic ring is 1. The molecule has 1 aromatic carbocycles. The fraction of sp³-hybridized carbons (Fsp3) is 0.500. The molecule has 5 nitrogen and oxygen atoms in total. The first-order valence-electron chi connectivity index (χ1n) is 6.75. The quantitative estimate of drug-likeness (QED) is 0.916. The van der Waals surface area contributed by atoms with Crippen molar-refractivity contribution in [3.05, 3.63) is 22.7 Å². The third-order valence-electron chi connectivity index (χ3n) is 3.88. The molecule has 1 saturated heterocycles. The summed E-state index contributed by atoms with van der Waals surface area (Å²) in [7, 11) is 4.00. The van der Waals surface area contributed by atoms with Gasteiger partial charge in [0.25, 0.3) is 0 Å². The lowest BCUT2D eigenvalue weighted by atomic mass is 10.0. The molecule has 3 rings (SSSR count). The molecule has 1 aliphatic heterocycles. The van der Waals surface area contributed by atoms with Gasteiger partial charge in [0.2, 0.25) is 5.95 Å². The van der Waals surface area contributed by atoms with Crippen molar-refractivity contribution in [2.45, 2.75) is 12.5 Å². The van der Waals surface area contributed by atoms with Crippen LogP contribution >= 0.6 is 11.6 Å². The minimum Gasteiger partial charge on any atom is -0.375 e. The lowest BCUT2D eigenvalue weighted by Crippen LogP contribution is -2.40. The minimum atomic E-state index is 0.196. The molecule has 0 bridgehead atoms. The fourth-order valence-electron chi connectivity index (χ4n) is 2.75. The molecule has 2 aromatic rings. The van der Waals surface area contributed by atoms with Gasteiger partial charge in [0.1, 0.15) is 0 Å². The van der Waals surface area contributed by atoms with Crippen molar-refractivity contribution < 1.29 is 4.74 Å². The number of aromatic nitrogens is 2. The zero-order valence-corrected chi connectivity index (χ0v) is 12.5. The molecule has 0 saturated carbocycles. The molecule has 1 aromatic heterocycles. The number of imidazole rings is 1. The highest BCUT2D eigenvalue weighted by Gasteiger charge is 2.21. The van der Waals surface area contributed by atoms with E-state index >= 15 is 0 Å². The predicted octanol–water partition coefficient (Wildman–Crippen LogP) is 1.68. The molecule has 2 heterocycles. The van der Waals surface area contributed by atoms with Crippen molar-refractivity contribution in [1.29, 1.82) is 0 Å². The van der Waals surface area contributed by atoms with Gasteiger partial charge in [-0.05, 0) is 18.7 Å². The molecule has 0 amide bonds. The van der Waals surface area contributed by atoms with Crippen molar-refractivity contribution in [2.75, 3.05) is 32.5 Å². The van der Waals surface area contributed by atoms with Gasteiger partial charge < -0.3 is 19.9 Å². The van der Waals surface area contributed by atoms with Gasteiger partial charge in [-0.15, -0.1) is 0 Å². The average Bonchev–Trinajstić information content (AvgIpc) is 2.71. The molecule has 0 spiro atoms. The molecule has 1 atom stereocenters. The van der Waals surface area contributed by atoms with Gasteiger partial charge in [-0.25, -0.2) is 4.98 Å². The molecule has 1 aliphatic rings. The summed E-state index contributed by atoms with van der Waals surface area (Å²) in [5.74, 6) is 0.482. The Bertz CT molecular complexity index is 640. The number of halogens is 1. The first kappa shape index (κ1) is 13.7. The first-order chi connectivity index (χ1) is 9.56. The number of morpholine rings is 1. The molecular weight excluding hydrogens is 276 g/mol. The zero-order chi connectivity index (χ0) is 14.3. The number of nitrogens with two attached hydrogens (primary N) is 1. The molecule has 20 heavy (non-hydrogen) atoms. The molecule has 1 fully saturated rings. The van der Waals surface area contributed by atoms with E-state index in [0.29, 0.717) is 11.0 Å². The van der Waals surface area contributed by atoms with E-state index in [1.165, 1.54) is 0 Å². The monoisotopic (exact) mass is 294 g/mol. The average molecular weight is 295 g/mol. The fourth-order valence-corrected chi connectivity index (χ4v) is 3.02. The maximum Gasteiger partial charge on any atom is 0.200 e. The van der Waals surface area contributed by atoms with E-state index in [9.17, 15) is 0 Å². The summed E-state index contributed by atoms with van der Waals surface area (Å²) in [6.45, 7) is 2.71. The summed E-state index contributed by atoms with van der Waals surface area (Å²) in [5, 5.41) is 0.678. The van der Waals surface area contributed by atoms with Crippen molar-refractivity contribution in [3.63, 3.8) is 0 Å². The maximum atomic E-state index is 6.26. The number of likely N-dealkylation sites (N-methyl/N-ethyl adjacent to an activating group) is 1. The molecule has 2 N–H and O–H groups in total. The topological polar surface area (TPSA) is 56.3 Å². The number of rotatable bonds is 2. The highest BCUT2D eigenvalue weighted by Crippen LogP contribution is 2.29. The highest BCUT2D eigenvalue weighted by atomic mass is 35.5. The van der Waals surface area contributed by atoms with Crippen molar-refractivity contribution >= 4 is 28.6 Å². The van der Waals surface area contributed by atoms with E-state index in [-0.39, 0.29) is 6.10 Å². The van der Waals surface area contributed by atoms with E-state index in [1.54, 1.807) is 0 Å². The summed E-state index contributed by atoms with van der Waals surface area (Å²) >= 11 is 6.26. The Balaban J connectivity index is 1.96. The van der Waals surface area contributed by atoms with Crippen LogP contribution in [0.15, 0.2) is 12.1 Å². The summed E-state index contributed by atoms with van der Waals surface area (Å²) in [6, 6.07) is 3.93. The Kier molecular flexibility index (Phi) is 3.58. The minimum absolute atomic E-state index is 0.196. The third kappa shape index (κ3) is 2.37. The van der Waals surface area contributed by atoms with Crippen LogP contribution in [-0.2, 0) is 18.2 Å². The molecule has 108 valence electrons. The second-order valence-corrected chi connectivity index (χ2v) is 5.80. The van der Waals surface area contributed by atoms with E-state index in [2.05, 4.69) is 16.9 Å². The second kappa shape index (κ2) is 5.24. The van der Waals surface area contributed by atoms with E-state index in [0.717, 1.165) is 42.7 Å². The lowest BCUT2D eigenvalue weighted by molar-refractivity contribution is -0.0184. The van der Waals surface area contributed by atoms with E-state index in [4.69, 9.17) is 22.1 Å². The Hall–Kier alpha value is -1.30. The van der Waals surface area contributed by atoms with Crippen LogP contribution in [0.1, 0.15) is 5.56 Å². The van der Waals surface area contributed by atoms with E-state index < -0.39 is 0 Å². The summed E-state index contributed by atoms with van der Waals surface area (Å²) in [6.07, 6.45) is 1.02. The van der Waals surface area contributed by atoms with Gasteiger partial charge >= 0.3 is 0 Å². The molecule has 6 heteroatoms. The van der Waals surface area contributed by atoms with Crippen molar-refractivity contribution in [1.82, 2.24) is 14.5 Å². The van der Waals surface area contributed by atoms with Crippen molar-refractivity contribution in [2.24, 2.45) is 7.05 Å². The van der Waals surface area contributed by atoms with Crippen LogP contribution in [0, 0.1) is 0 Å². The Morgan fingerprint density at radius 1 is 1.45 bits per heavy atom. The maximum absolute atomic E-state index is 6.26. The number of ether oxygens (including phenoxy) is 1. The highest BCUT2D eigenvalue weighted by molar-refractivity contribution is 6.35. The first-order valence-corrected chi connectivity index (χ1v) is 7.13. The number of nitrogens with zero attached hydrogens (tertiary/aromatic N) is 3. The van der Waals surface area contributed by atoms with Crippen LogP contribution in [0.25, 0.3) is 11.0 Å². The van der Waals surface area contributed by atoms with Gasteiger partial charge in [0.15, 0.2) is 0 Å². The van der Waals surface area contributed by atoms with Gasteiger partial charge in [0.05, 0.1) is 28.8 Å². The van der Waals surface area contributed by atoms with E-state index in [1.807, 2.05) is 23.7 Å². The number of hydrogen-bond donors (Lipinski definition) is 1. The Morgan fingerprint density at radius 2 is 2.25 bits per heavy atom. The SMILES string of the molecule is CN1CCOC(Cc2ccc(Cl)c3c2nc(N)n3C)C1. The molecule has 0 aliphatic carbocycles. The predicted molar refractivity (Wildman–Crippen MR) is 81.1 cm³/mol. The standard InChI is InChI=1S/C14H19ClN4O/c1-18-5-6-20-10(8-18)7-9-3-4-11(15)13-12(9)17-14(16)19(13)2/h3-4,10H,5-8H2,1-2H3,(H2,16,17).